The van der Waals surface area contributed by atoms with Crippen molar-refractivity contribution in [3.05, 3.63) is 35.5 Å². The number of fused-ring (bicyclic) bond motifs is 2. The number of allylic oxidation sites excluding steroid dienone is 2. The Kier molecular flexibility index (Phi) is 4.62. The first kappa shape index (κ1) is 17.9. The van der Waals surface area contributed by atoms with Gasteiger partial charge in [-0.1, -0.05) is 17.7 Å². The minimum atomic E-state index is -0.564. The van der Waals surface area contributed by atoms with E-state index < -0.39 is 18.0 Å². The highest BCUT2D eigenvalue weighted by molar-refractivity contribution is 5.91. The smallest absolute Gasteiger partial charge is 0.334 e. The number of epoxide rings is 1. The molecule has 2 heterocycles. The molecule has 0 bridgehead atoms. The third kappa shape index (κ3) is 3.71. The van der Waals surface area contributed by atoms with E-state index in [1.165, 1.54) is 6.08 Å². The van der Waals surface area contributed by atoms with E-state index in [9.17, 15) is 9.59 Å². The monoisotopic (exact) mass is 346 g/mol. The fourth-order valence-electron chi connectivity index (χ4n) is 3.80. The van der Waals surface area contributed by atoms with Gasteiger partial charge in [0.1, 0.15) is 12.2 Å². The predicted octanol–water partition coefficient (Wildman–Crippen LogP) is 3.25. The standard InChI is InChI=1S/C20H26O5/c1-11(2)8-17(21)23-14-9-12(3)6-7-16-20(5,25-16)10-15-18(14)13(4)19(22)24-15/h8-9,14-16,18H,4,6-7,10H2,1-3,5H3/b12-9+/t14-,15+,16+,18+,20+/m1/s1. The van der Waals surface area contributed by atoms with Crippen LogP contribution in [-0.4, -0.2) is 35.9 Å². The molecular formula is C20H26O5. The largest absolute Gasteiger partial charge is 0.458 e. The third-order valence-electron chi connectivity index (χ3n) is 5.23. The van der Waals surface area contributed by atoms with Crippen LogP contribution in [0.3, 0.4) is 0 Å². The van der Waals surface area contributed by atoms with Crippen LogP contribution in [0.15, 0.2) is 35.5 Å². The summed E-state index contributed by atoms with van der Waals surface area (Å²) in [7, 11) is 0. The maximum absolute atomic E-state index is 12.2. The Morgan fingerprint density at radius 2 is 2.16 bits per heavy atom. The lowest BCUT2D eigenvalue weighted by molar-refractivity contribution is -0.144. The third-order valence-corrected chi connectivity index (χ3v) is 5.23. The van der Waals surface area contributed by atoms with Gasteiger partial charge in [0.2, 0.25) is 0 Å². The number of hydrogen-bond donors (Lipinski definition) is 0. The van der Waals surface area contributed by atoms with Crippen LogP contribution in [0.4, 0.5) is 0 Å². The molecule has 5 atom stereocenters. The van der Waals surface area contributed by atoms with Crippen molar-refractivity contribution in [2.24, 2.45) is 5.92 Å². The normalized spacial score (nSPS) is 39.3. The molecule has 25 heavy (non-hydrogen) atoms. The lowest BCUT2D eigenvalue weighted by Crippen LogP contribution is -2.35. The van der Waals surface area contributed by atoms with Crippen molar-refractivity contribution < 1.29 is 23.8 Å². The summed E-state index contributed by atoms with van der Waals surface area (Å²) < 4.78 is 17.1. The minimum absolute atomic E-state index is 0.189. The molecule has 0 radical (unpaired) electrons. The van der Waals surface area contributed by atoms with Gasteiger partial charge in [-0.2, -0.15) is 0 Å². The Bertz CT molecular complexity index is 670. The van der Waals surface area contributed by atoms with Crippen LogP contribution in [-0.2, 0) is 23.8 Å². The summed E-state index contributed by atoms with van der Waals surface area (Å²) in [6, 6.07) is 0. The molecule has 0 unspecified atom stereocenters. The summed E-state index contributed by atoms with van der Waals surface area (Å²) in [4.78, 5) is 24.3. The van der Waals surface area contributed by atoms with E-state index in [0.29, 0.717) is 12.0 Å². The first-order valence-corrected chi connectivity index (χ1v) is 8.80. The molecule has 2 aliphatic heterocycles. The molecule has 3 rings (SSSR count). The average molecular weight is 346 g/mol. The molecule has 5 nitrogen and oxygen atoms in total. The first-order chi connectivity index (χ1) is 11.7. The maximum atomic E-state index is 12.2. The molecule has 136 valence electrons. The van der Waals surface area contributed by atoms with Crippen LogP contribution in [0.1, 0.15) is 47.0 Å². The Hall–Kier alpha value is -1.88. The minimum Gasteiger partial charge on any atom is -0.458 e. The summed E-state index contributed by atoms with van der Waals surface area (Å²) in [5, 5.41) is 0. The number of esters is 2. The van der Waals surface area contributed by atoms with Gasteiger partial charge >= 0.3 is 11.9 Å². The summed E-state index contributed by atoms with van der Waals surface area (Å²) in [6.45, 7) is 11.6. The Morgan fingerprint density at radius 1 is 1.44 bits per heavy atom. The SMILES string of the molecule is C=C1C(=O)O[C@H]2C[C@]3(C)O[C@H]3CC/C(C)=C/[C@@H](OC(=O)C=C(C)C)[C@H]12. The van der Waals surface area contributed by atoms with E-state index in [1.807, 2.05) is 26.8 Å². The second-order valence-corrected chi connectivity index (χ2v) is 7.79. The molecular weight excluding hydrogens is 320 g/mol. The van der Waals surface area contributed by atoms with Gasteiger partial charge in [-0.15, -0.1) is 0 Å². The lowest BCUT2D eigenvalue weighted by atomic mass is 9.83. The Morgan fingerprint density at radius 3 is 2.84 bits per heavy atom. The van der Waals surface area contributed by atoms with Gasteiger partial charge < -0.3 is 14.2 Å². The predicted molar refractivity (Wildman–Crippen MR) is 92.7 cm³/mol. The van der Waals surface area contributed by atoms with Crippen LogP contribution < -0.4 is 0 Å². The van der Waals surface area contributed by atoms with E-state index in [-0.39, 0.29) is 23.7 Å². The fraction of sp³-hybridized carbons (Fsp3) is 0.600. The molecule has 1 aliphatic carbocycles. The van der Waals surface area contributed by atoms with Crippen molar-refractivity contribution in [1.29, 1.82) is 0 Å². The molecule has 2 saturated heterocycles. The van der Waals surface area contributed by atoms with Crippen molar-refractivity contribution in [2.45, 2.75) is 70.9 Å². The number of hydrogen-bond acceptors (Lipinski definition) is 5. The zero-order chi connectivity index (χ0) is 18.4. The molecule has 0 N–H and O–H groups in total. The average Bonchev–Trinajstić information content (AvgIpc) is 3.04. The summed E-state index contributed by atoms with van der Waals surface area (Å²) >= 11 is 0. The van der Waals surface area contributed by atoms with Gasteiger partial charge in [-0.3, -0.25) is 0 Å². The van der Waals surface area contributed by atoms with Gasteiger partial charge in [0.15, 0.2) is 0 Å². The van der Waals surface area contributed by atoms with Crippen molar-refractivity contribution in [3.8, 4) is 0 Å². The molecule has 0 aromatic carbocycles. The van der Waals surface area contributed by atoms with Gasteiger partial charge in [0.25, 0.3) is 0 Å². The Labute approximate surface area is 148 Å². The number of ether oxygens (including phenoxy) is 3. The van der Waals surface area contributed by atoms with Crippen LogP contribution in [0.5, 0.6) is 0 Å². The second kappa shape index (κ2) is 6.45. The highest BCUT2D eigenvalue weighted by Crippen LogP contribution is 2.48. The van der Waals surface area contributed by atoms with E-state index in [4.69, 9.17) is 14.2 Å². The second-order valence-electron chi connectivity index (χ2n) is 7.79. The van der Waals surface area contributed by atoms with E-state index in [2.05, 4.69) is 13.5 Å². The van der Waals surface area contributed by atoms with Crippen LogP contribution in [0, 0.1) is 5.92 Å². The molecule has 3 aliphatic rings. The number of carbonyl (C=O) groups is 2. The van der Waals surface area contributed by atoms with Crippen LogP contribution in [0.2, 0.25) is 0 Å². The highest BCUT2D eigenvalue weighted by Gasteiger charge is 2.57. The topological polar surface area (TPSA) is 65.1 Å². The van der Waals surface area contributed by atoms with Crippen molar-refractivity contribution in [1.82, 2.24) is 0 Å². The molecule has 0 aromatic rings. The quantitative estimate of drug-likeness (QED) is 0.332. The number of rotatable bonds is 2. The zero-order valence-corrected chi connectivity index (χ0v) is 15.3. The fourth-order valence-corrected chi connectivity index (χ4v) is 3.80. The maximum Gasteiger partial charge on any atom is 0.334 e. The van der Waals surface area contributed by atoms with Gasteiger partial charge in [-0.25, -0.2) is 9.59 Å². The summed E-state index contributed by atoms with van der Waals surface area (Å²) in [5.74, 6) is -1.20. The van der Waals surface area contributed by atoms with Crippen LogP contribution >= 0.6 is 0 Å². The highest BCUT2D eigenvalue weighted by atomic mass is 16.6. The van der Waals surface area contributed by atoms with E-state index in [1.54, 1.807) is 0 Å². The molecule has 0 amide bonds. The Balaban J connectivity index is 1.92. The number of carbonyl (C=O) groups excluding carboxylic acids is 2. The van der Waals surface area contributed by atoms with Gasteiger partial charge in [0.05, 0.1) is 17.6 Å². The van der Waals surface area contributed by atoms with Crippen LogP contribution in [0.25, 0.3) is 0 Å². The molecule has 2 fully saturated rings. The molecule has 0 saturated carbocycles. The lowest BCUT2D eigenvalue weighted by Gasteiger charge is -2.27. The van der Waals surface area contributed by atoms with Gasteiger partial charge in [0, 0.05) is 18.1 Å². The molecule has 5 heteroatoms. The van der Waals surface area contributed by atoms with E-state index in [0.717, 1.165) is 24.0 Å². The van der Waals surface area contributed by atoms with Gasteiger partial charge in [-0.05, 0) is 46.6 Å². The van der Waals surface area contributed by atoms with Crippen molar-refractivity contribution >= 4 is 11.9 Å². The zero-order valence-electron chi connectivity index (χ0n) is 15.3. The first-order valence-electron chi connectivity index (χ1n) is 8.80. The summed E-state index contributed by atoms with van der Waals surface area (Å²) in [5.41, 5.74) is 2.06. The van der Waals surface area contributed by atoms with Crippen molar-refractivity contribution in [3.63, 3.8) is 0 Å². The molecule has 0 aromatic heterocycles. The summed E-state index contributed by atoms with van der Waals surface area (Å²) in [6.07, 6.45) is 5.01. The van der Waals surface area contributed by atoms with E-state index >= 15 is 0 Å². The van der Waals surface area contributed by atoms with Crippen molar-refractivity contribution in [2.75, 3.05) is 0 Å². The molecule has 0 spiro atoms.